The van der Waals surface area contributed by atoms with Crippen LogP contribution in [0.25, 0.3) is 0 Å². The lowest BCUT2D eigenvalue weighted by molar-refractivity contribution is -0.137. The fourth-order valence-corrected chi connectivity index (χ4v) is 6.01. The molecule has 138 valence electrons. The van der Waals surface area contributed by atoms with Crippen LogP contribution in [-0.4, -0.2) is 49.7 Å². The van der Waals surface area contributed by atoms with Crippen LogP contribution in [0.1, 0.15) is 32.1 Å². The van der Waals surface area contributed by atoms with Crippen LogP contribution in [0.2, 0.25) is 5.02 Å². The van der Waals surface area contributed by atoms with E-state index in [1.165, 1.54) is 16.8 Å². The van der Waals surface area contributed by atoms with Gasteiger partial charge >= 0.3 is 0 Å². The van der Waals surface area contributed by atoms with Gasteiger partial charge in [0.1, 0.15) is 4.90 Å². The molecular weight excluding hydrogens is 428 g/mol. The first-order valence-corrected chi connectivity index (χ1v) is 11.2. The highest BCUT2D eigenvalue weighted by Crippen LogP contribution is 2.29. The third kappa shape index (κ3) is 4.21. The van der Waals surface area contributed by atoms with E-state index in [1.54, 1.807) is 12.1 Å². The van der Waals surface area contributed by atoms with Gasteiger partial charge < -0.3 is 4.90 Å². The number of hydrogen-bond acceptors (Lipinski definition) is 3. The topological polar surface area (TPSA) is 57.7 Å². The summed E-state index contributed by atoms with van der Waals surface area (Å²) < 4.78 is 27.8. The molecule has 1 aliphatic heterocycles. The summed E-state index contributed by atoms with van der Waals surface area (Å²) in [6.07, 6.45) is 5.38. The Hall–Kier alpha value is -0.630. The molecule has 0 atom stereocenters. The Bertz CT molecular complexity index is 742. The number of carbonyl (C=O) groups is 1. The molecule has 1 saturated carbocycles. The maximum absolute atomic E-state index is 12.8. The molecule has 1 heterocycles. The van der Waals surface area contributed by atoms with Crippen LogP contribution in [0.3, 0.4) is 0 Å². The predicted octanol–water partition coefficient (Wildman–Crippen LogP) is 3.52. The van der Waals surface area contributed by atoms with Crippen molar-refractivity contribution in [1.29, 1.82) is 0 Å². The van der Waals surface area contributed by atoms with Crippen molar-refractivity contribution in [3.8, 4) is 0 Å². The number of sulfonamides is 1. The third-order valence-electron chi connectivity index (χ3n) is 5.02. The van der Waals surface area contributed by atoms with Gasteiger partial charge in [0.2, 0.25) is 15.9 Å². The number of halogens is 2. The van der Waals surface area contributed by atoms with Gasteiger partial charge in [0.25, 0.3) is 0 Å². The Labute approximate surface area is 162 Å². The zero-order valence-corrected chi connectivity index (χ0v) is 17.1. The number of piperazine rings is 1. The van der Waals surface area contributed by atoms with Crippen molar-refractivity contribution < 1.29 is 13.2 Å². The summed E-state index contributed by atoms with van der Waals surface area (Å²) >= 11 is 9.40. The van der Waals surface area contributed by atoms with E-state index in [0.717, 1.165) is 30.2 Å². The molecule has 2 aliphatic rings. The van der Waals surface area contributed by atoms with Gasteiger partial charge in [-0.05, 0) is 31.0 Å². The first kappa shape index (κ1) is 19.1. The van der Waals surface area contributed by atoms with Crippen molar-refractivity contribution in [2.24, 2.45) is 5.92 Å². The van der Waals surface area contributed by atoms with Crippen molar-refractivity contribution >= 4 is 43.5 Å². The van der Waals surface area contributed by atoms with E-state index in [9.17, 15) is 13.2 Å². The molecule has 25 heavy (non-hydrogen) atoms. The number of nitrogens with zero attached hydrogens (tertiary/aromatic N) is 2. The lowest BCUT2D eigenvalue weighted by Crippen LogP contribution is -2.52. The second-order valence-electron chi connectivity index (χ2n) is 6.64. The summed E-state index contributed by atoms with van der Waals surface area (Å²) in [5.74, 6) is 0.316. The average molecular weight is 450 g/mol. The highest BCUT2D eigenvalue weighted by Gasteiger charge is 2.33. The zero-order valence-electron chi connectivity index (χ0n) is 14.0. The molecule has 0 aromatic heterocycles. The summed E-state index contributed by atoms with van der Waals surface area (Å²) in [5, 5.41) is 0.204. The van der Waals surface area contributed by atoms with E-state index in [2.05, 4.69) is 15.9 Å². The lowest BCUT2D eigenvalue weighted by Gasteiger charge is -2.36. The highest BCUT2D eigenvalue weighted by molar-refractivity contribution is 9.10. The van der Waals surface area contributed by atoms with Gasteiger partial charge in [0.15, 0.2) is 0 Å². The largest absolute Gasteiger partial charge is 0.340 e. The Kier molecular flexibility index (Phi) is 6.08. The normalized spacial score (nSPS) is 20.6. The Balaban J connectivity index is 1.66. The van der Waals surface area contributed by atoms with Gasteiger partial charge in [0.05, 0.1) is 5.02 Å². The van der Waals surface area contributed by atoms with Crippen LogP contribution in [0, 0.1) is 5.92 Å². The number of amides is 1. The van der Waals surface area contributed by atoms with Crippen LogP contribution < -0.4 is 0 Å². The predicted molar refractivity (Wildman–Crippen MR) is 101 cm³/mol. The lowest BCUT2D eigenvalue weighted by atomic mass is 9.88. The Morgan fingerprint density at radius 3 is 2.32 bits per heavy atom. The van der Waals surface area contributed by atoms with Crippen molar-refractivity contribution in [1.82, 2.24) is 9.21 Å². The number of rotatable bonds is 3. The van der Waals surface area contributed by atoms with E-state index >= 15 is 0 Å². The average Bonchev–Trinajstić information content (AvgIpc) is 2.61. The first-order valence-electron chi connectivity index (χ1n) is 8.63. The molecule has 0 radical (unpaired) electrons. The molecule has 1 aromatic rings. The molecule has 2 fully saturated rings. The zero-order chi connectivity index (χ0) is 18.0. The SMILES string of the molecule is O=C(C1CCCCC1)N1CCN(S(=O)(=O)c2ccc(Br)cc2Cl)CC1. The fourth-order valence-electron chi connectivity index (χ4n) is 3.58. The summed E-state index contributed by atoms with van der Waals surface area (Å²) in [7, 11) is -3.64. The number of carbonyl (C=O) groups excluding carboxylic acids is 1. The standard InChI is InChI=1S/C17H22BrClN2O3S/c18-14-6-7-16(15(19)12-14)25(23,24)21-10-8-20(9-11-21)17(22)13-4-2-1-3-5-13/h6-7,12-13H,1-5,8-11H2. The number of hydrogen-bond donors (Lipinski definition) is 0. The number of benzene rings is 1. The van der Waals surface area contributed by atoms with Crippen LogP contribution >= 0.6 is 27.5 Å². The summed E-state index contributed by atoms with van der Waals surface area (Å²) in [6, 6.07) is 4.76. The summed E-state index contributed by atoms with van der Waals surface area (Å²) in [5.41, 5.74) is 0. The molecule has 0 bridgehead atoms. The van der Waals surface area contributed by atoms with Crippen LogP contribution in [0.15, 0.2) is 27.6 Å². The fraction of sp³-hybridized carbons (Fsp3) is 0.588. The minimum Gasteiger partial charge on any atom is -0.340 e. The van der Waals surface area contributed by atoms with E-state index in [-0.39, 0.29) is 21.7 Å². The van der Waals surface area contributed by atoms with E-state index in [0.29, 0.717) is 26.2 Å². The van der Waals surface area contributed by atoms with Crippen molar-refractivity contribution in [2.75, 3.05) is 26.2 Å². The van der Waals surface area contributed by atoms with Crippen molar-refractivity contribution in [3.05, 3.63) is 27.7 Å². The quantitative estimate of drug-likeness (QED) is 0.709. The van der Waals surface area contributed by atoms with Gasteiger partial charge in [0, 0.05) is 36.6 Å². The minimum atomic E-state index is -3.64. The van der Waals surface area contributed by atoms with E-state index in [1.807, 2.05) is 4.90 Å². The molecule has 1 amide bonds. The molecule has 0 spiro atoms. The van der Waals surface area contributed by atoms with Crippen LogP contribution in [0.5, 0.6) is 0 Å². The molecule has 1 aromatic carbocycles. The maximum atomic E-state index is 12.8. The summed E-state index contributed by atoms with van der Waals surface area (Å²) in [6.45, 7) is 1.52. The second kappa shape index (κ2) is 7.94. The van der Waals surface area contributed by atoms with Gasteiger partial charge in [-0.3, -0.25) is 4.79 Å². The molecule has 3 rings (SSSR count). The second-order valence-corrected chi connectivity index (χ2v) is 9.87. The molecule has 1 saturated heterocycles. The van der Waals surface area contributed by atoms with Gasteiger partial charge in [-0.2, -0.15) is 4.31 Å². The molecule has 0 N–H and O–H groups in total. The van der Waals surface area contributed by atoms with Gasteiger partial charge in [-0.25, -0.2) is 8.42 Å². The van der Waals surface area contributed by atoms with Crippen molar-refractivity contribution in [2.45, 2.75) is 37.0 Å². The summed E-state index contributed by atoms with van der Waals surface area (Å²) in [4.78, 5) is 14.5. The Morgan fingerprint density at radius 2 is 1.72 bits per heavy atom. The van der Waals surface area contributed by atoms with Gasteiger partial charge in [-0.1, -0.05) is 46.8 Å². The van der Waals surface area contributed by atoms with E-state index < -0.39 is 10.0 Å². The van der Waals surface area contributed by atoms with Crippen LogP contribution in [-0.2, 0) is 14.8 Å². The maximum Gasteiger partial charge on any atom is 0.244 e. The molecule has 1 aliphatic carbocycles. The highest BCUT2D eigenvalue weighted by atomic mass is 79.9. The molecule has 0 unspecified atom stereocenters. The van der Waals surface area contributed by atoms with Gasteiger partial charge in [-0.15, -0.1) is 0 Å². The Morgan fingerprint density at radius 1 is 1.08 bits per heavy atom. The molecule has 8 heteroatoms. The van der Waals surface area contributed by atoms with Crippen molar-refractivity contribution in [3.63, 3.8) is 0 Å². The molecular formula is C17H22BrClN2O3S. The molecule has 5 nitrogen and oxygen atoms in total. The smallest absolute Gasteiger partial charge is 0.244 e. The van der Waals surface area contributed by atoms with E-state index in [4.69, 9.17) is 11.6 Å². The van der Waals surface area contributed by atoms with Crippen LogP contribution in [0.4, 0.5) is 0 Å². The third-order valence-corrected chi connectivity index (χ3v) is 7.89. The minimum absolute atomic E-state index is 0.115. The monoisotopic (exact) mass is 448 g/mol. The first-order chi connectivity index (χ1) is 11.9.